The van der Waals surface area contributed by atoms with Crippen molar-refractivity contribution in [1.82, 2.24) is 19.8 Å². The molecule has 3 rings (SSSR count). The number of hydrogen-bond acceptors (Lipinski definition) is 3. The lowest BCUT2D eigenvalue weighted by molar-refractivity contribution is 0.171. The third-order valence-electron chi connectivity index (χ3n) is 4.10. The first-order valence-electron chi connectivity index (χ1n) is 7.95. The van der Waals surface area contributed by atoms with Crippen molar-refractivity contribution in [3.05, 3.63) is 48.5 Å². The zero-order valence-electron chi connectivity index (χ0n) is 13.2. The summed E-state index contributed by atoms with van der Waals surface area (Å²) in [6.07, 6.45) is 7.42. The number of amides is 2. The first-order chi connectivity index (χ1) is 11.2. The molecule has 2 amide bonds. The molecular weight excluding hydrogens is 292 g/mol. The molecule has 23 heavy (non-hydrogen) atoms. The summed E-state index contributed by atoms with van der Waals surface area (Å²) in [4.78, 5) is 18.2. The van der Waals surface area contributed by atoms with Crippen molar-refractivity contribution in [1.29, 1.82) is 0 Å². The van der Waals surface area contributed by atoms with E-state index >= 15 is 0 Å². The minimum atomic E-state index is -0.109. The molecule has 1 aliphatic rings. The number of carbonyl (C=O) groups is 1. The number of imidazole rings is 1. The highest BCUT2D eigenvalue weighted by Crippen LogP contribution is 2.27. The summed E-state index contributed by atoms with van der Waals surface area (Å²) < 4.78 is 1.93. The van der Waals surface area contributed by atoms with Gasteiger partial charge in [-0.15, -0.1) is 0 Å². The number of aliphatic hydroxyl groups excluding tert-OH is 1. The second kappa shape index (κ2) is 6.83. The second-order valence-corrected chi connectivity index (χ2v) is 5.88. The van der Waals surface area contributed by atoms with Gasteiger partial charge in [0.15, 0.2) is 0 Å². The van der Waals surface area contributed by atoms with Crippen molar-refractivity contribution >= 4 is 6.03 Å². The summed E-state index contributed by atoms with van der Waals surface area (Å²) in [6.45, 7) is 2.35. The number of aliphatic hydroxyl groups is 1. The number of nitrogens with one attached hydrogen (secondary N) is 1. The van der Waals surface area contributed by atoms with Gasteiger partial charge in [-0.05, 0) is 37.5 Å². The number of rotatable bonds is 6. The van der Waals surface area contributed by atoms with Gasteiger partial charge in [-0.25, -0.2) is 9.78 Å². The molecule has 1 aliphatic carbocycles. The van der Waals surface area contributed by atoms with Crippen molar-refractivity contribution in [3.63, 3.8) is 0 Å². The highest BCUT2D eigenvalue weighted by molar-refractivity contribution is 5.75. The van der Waals surface area contributed by atoms with Crippen LogP contribution in [0.2, 0.25) is 0 Å². The summed E-state index contributed by atoms with van der Waals surface area (Å²) in [5, 5.41) is 12.2. The molecule has 1 aromatic carbocycles. The number of nitrogens with zero attached hydrogens (tertiary/aromatic N) is 3. The maximum Gasteiger partial charge on any atom is 0.318 e. The van der Waals surface area contributed by atoms with E-state index in [1.807, 2.05) is 42.0 Å². The summed E-state index contributed by atoms with van der Waals surface area (Å²) in [5.74, 6) is 0. The Balaban J connectivity index is 1.69. The molecule has 122 valence electrons. The van der Waals surface area contributed by atoms with Crippen molar-refractivity contribution in [2.24, 2.45) is 0 Å². The van der Waals surface area contributed by atoms with Crippen molar-refractivity contribution in [2.75, 3.05) is 13.2 Å². The van der Waals surface area contributed by atoms with Crippen LogP contribution in [0.1, 0.15) is 31.4 Å². The quantitative estimate of drug-likeness (QED) is 0.858. The molecule has 0 saturated heterocycles. The van der Waals surface area contributed by atoms with Gasteiger partial charge in [0.05, 0.1) is 19.0 Å². The van der Waals surface area contributed by atoms with Crippen LogP contribution in [0.3, 0.4) is 0 Å². The maximum absolute atomic E-state index is 12.4. The molecular formula is C17H22N4O2. The van der Waals surface area contributed by atoms with E-state index in [1.165, 1.54) is 0 Å². The zero-order chi connectivity index (χ0) is 16.2. The number of carbonyl (C=O) groups excluding carboxylic acids is 1. The van der Waals surface area contributed by atoms with E-state index in [2.05, 4.69) is 10.3 Å². The molecule has 0 radical (unpaired) electrons. The molecule has 1 saturated carbocycles. The van der Waals surface area contributed by atoms with Crippen molar-refractivity contribution < 1.29 is 9.90 Å². The highest BCUT2D eigenvalue weighted by Gasteiger charge is 2.32. The van der Waals surface area contributed by atoms with Crippen LogP contribution in [-0.2, 0) is 0 Å². The minimum absolute atomic E-state index is 0.00554. The number of urea groups is 1. The Morgan fingerprint density at radius 2 is 2.35 bits per heavy atom. The Hall–Kier alpha value is -2.34. The average molecular weight is 314 g/mol. The van der Waals surface area contributed by atoms with Crippen LogP contribution < -0.4 is 5.32 Å². The van der Waals surface area contributed by atoms with Gasteiger partial charge in [-0.3, -0.25) is 0 Å². The molecule has 1 atom stereocenters. The fraction of sp³-hybridized carbons (Fsp3) is 0.412. The van der Waals surface area contributed by atoms with Gasteiger partial charge >= 0.3 is 6.03 Å². The highest BCUT2D eigenvalue weighted by atomic mass is 16.3. The molecule has 1 heterocycles. The van der Waals surface area contributed by atoms with E-state index in [0.717, 1.165) is 24.1 Å². The second-order valence-electron chi connectivity index (χ2n) is 5.88. The Bertz CT molecular complexity index is 652. The van der Waals surface area contributed by atoms with Gasteiger partial charge in [0.1, 0.15) is 0 Å². The topological polar surface area (TPSA) is 70.4 Å². The van der Waals surface area contributed by atoms with Crippen LogP contribution >= 0.6 is 0 Å². The number of hydrogen-bond donors (Lipinski definition) is 2. The predicted molar refractivity (Wildman–Crippen MR) is 87.3 cm³/mol. The molecule has 6 heteroatoms. The molecule has 0 bridgehead atoms. The predicted octanol–water partition coefficient (Wildman–Crippen LogP) is 2.10. The zero-order valence-corrected chi connectivity index (χ0v) is 13.2. The normalized spacial score (nSPS) is 15.2. The molecule has 6 nitrogen and oxygen atoms in total. The first kappa shape index (κ1) is 15.6. The minimum Gasteiger partial charge on any atom is -0.395 e. The maximum atomic E-state index is 12.4. The summed E-state index contributed by atoms with van der Waals surface area (Å²) >= 11 is 0. The van der Waals surface area contributed by atoms with Gasteiger partial charge in [0.2, 0.25) is 0 Å². The average Bonchev–Trinajstić information content (AvgIpc) is 3.25. The van der Waals surface area contributed by atoms with E-state index in [9.17, 15) is 4.79 Å². The summed E-state index contributed by atoms with van der Waals surface area (Å²) in [7, 11) is 0. The lowest BCUT2D eigenvalue weighted by Crippen LogP contribution is -2.43. The fourth-order valence-corrected chi connectivity index (χ4v) is 2.66. The van der Waals surface area contributed by atoms with Crippen molar-refractivity contribution in [2.45, 2.75) is 31.8 Å². The summed E-state index contributed by atoms with van der Waals surface area (Å²) in [6, 6.07) is 8.08. The first-order valence-corrected chi connectivity index (χ1v) is 7.95. The SMILES string of the molecule is C[C@H](NC(=O)N(CCO)C1CC1)c1cccc(-n2ccnc2)c1. The van der Waals surface area contributed by atoms with Gasteiger partial charge in [-0.1, -0.05) is 12.1 Å². The third kappa shape index (κ3) is 3.71. The summed E-state index contributed by atoms with van der Waals surface area (Å²) in [5.41, 5.74) is 2.04. The molecule has 0 unspecified atom stereocenters. The van der Waals surface area contributed by atoms with E-state index in [0.29, 0.717) is 6.54 Å². The van der Waals surface area contributed by atoms with E-state index in [1.54, 1.807) is 17.4 Å². The monoisotopic (exact) mass is 314 g/mol. The van der Waals surface area contributed by atoms with E-state index in [-0.39, 0.29) is 24.7 Å². The Labute approximate surface area is 135 Å². The lowest BCUT2D eigenvalue weighted by Gasteiger charge is -2.24. The van der Waals surface area contributed by atoms with Gasteiger partial charge in [0, 0.05) is 30.7 Å². The fourth-order valence-electron chi connectivity index (χ4n) is 2.66. The van der Waals surface area contributed by atoms with Crippen LogP contribution in [-0.4, -0.2) is 44.8 Å². The Kier molecular flexibility index (Phi) is 4.62. The lowest BCUT2D eigenvalue weighted by atomic mass is 10.1. The van der Waals surface area contributed by atoms with Crippen LogP contribution in [0.4, 0.5) is 4.79 Å². The van der Waals surface area contributed by atoms with Crippen LogP contribution in [0.15, 0.2) is 43.0 Å². The molecule has 0 aliphatic heterocycles. The van der Waals surface area contributed by atoms with Crippen LogP contribution in [0.5, 0.6) is 0 Å². The van der Waals surface area contributed by atoms with Gasteiger partial charge < -0.3 is 19.9 Å². The number of benzene rings is 1. The third-order valence-corrected chi connectivity index (χ3v) is 4.10. The standard InChI is InChI=1S/C17H22N4O2/c1-13(19-17(23)21(9-10-22)15-5-6-15)14-3-2-4-16(11-14)20-8-7-18-12-20/h2-4,7-8,11-13,15,22H,5-6,9-10H2,1H3,(H,19,23)/t13-/m0/s1. The molecule has 1 aromatic heterocycles. The number of aromatic nitrogens is 2. The van der Waals surface area contributed by atoms with Crippen LogP contribution in [0.25, 0.3) is 5.69 Å². The van der Waals surface area contributed by atoms with Crippen molar-refractivity contribution in [3.8, 4) is 5.69 Å². The largest absolute Gasteiger partial charge is 0.395 e. The van der Waals surface area contributed by atoms with E-state index < -0.39 is 0 Å². The molecule has 2 aromatic rings. The van der Waals surface area contributed by atoms with Gasteiger partial charge in [0.25, 0.3) is 0 Å². The van der Waals surface area contributed by atoms with E-state index in [4.69, 9.17) is 5.11 Å². The molecule has 0 spiro atoms. The Morgan fingerprint density at radius 3 is 3.00 bits per heavy atom. The van der Waals surface area contributed by atoms with Crippen LogP contribution in [0, 0.1) is 0 Å². The molecule has 2 N–H and O–H groups in total. The smallest absolute Gasteiger partial charge is 0.318 e. The molecule has 1 fully saturated rings. The Morgan fingerprint density at radius 1 is 1.52 bits per heavy atom. The van der Waals surface area contributed by atoms with Gasteiger partial charge in [-0.2, -0.15) is 0 Å².